The fourth-order valence-corrected chi connectivity index (χ4v) is 3.00. The molecule has 0 spiro atoms. The van der Waals surface area contributed by atoms with Gasteiger partial charge in [-0.2, -0.15) is 0 Å². The molecule has 144 valence electrons. The van der Waals surface area contributed by atoms with Gasteiger partial charge in [-0.25, -0.2) is 0 Å². The fraction of sp³-hybridized carbons (Fsp3) is 0.300. The van der Waals surface area contributed by atoms with E-state index in [0.717, 1.165) is 11.3 Å². The summed E-state index contributed by atoms with van der Waals surface area (Å²) in [5, 5.41) is 3.54. The highest BCUT2D eigenvalue weighted by Gasteiger charge is 2.16. The number of primary amides is 1. The Labute approximate surface area is 164 Å². The highest BCUT2D eigenvalue weighted by Crippen LogP contribution is 2.23. The molecule has 0 aliphatic heterocycles. The van der Waals surface area contributed by atoms with Crippen LogP contribution in [0.3, 0.4) is 0 Å². The van der Waals surface area contributed by atoms with Gasteiger partial charge in [0.2, 0.25) is 11.8 Å². The van der Waals surface area contributed by atoms with Gasteiger partial charge in [0.05, 0.1) is 19.7 Å². The zero-order chi connectivity index (χ0) is 19.8. The van der Waals surface area contributed by atoms with E-state index in [1.165, 1.54) is 0 Å². The number of hydrogen-bond donors (Lipinski definition) is 2. The van der Waals surface area contributed by atoms with Gasteiger partial charge in [0, 0.05) is 23.7 Å². The van der Waals surface area contributed by atoms with Crippen LogP contribution in [0.5, 0.6) is 5.75 Å². The first-order valence-electron chi connectivity index (χ1n) is 8.61. The van der Waals surface area contributed by atoms with Gasteiger partial charge in [-0.1, -0.05) is 29.8 Å². The first kappa shape index (κ1) is 20.6. The number of methoxy groups -OCH3 is 1. The number of benzene rings is 2. The minimum absolute atomic E-state index is 0.0917. The van der Waals surface area contributed by atoms with Gasteiger partial charge in [-0.05, 0) is 42.8 Å². The Bertz CT molecular complexity index is 780. The summed E-state index contributed by atoms with van der Waals surface area (Å²) in [6, 6.07) is 14.4. The first-order chi connectivity index (χ1) is 12.9. The number of carbonyl (C=O) groups is 2. The second-order valence-corrected chi connectivity index (χ2v) is 6.55. The van der Waals surface area contributed by atoms with Crippen LogP contribution in [0.25, 0.3) is 0 Å². The molecule has 0 fully saturated rings. The molecule has 0 bridgehead atoms. The summed E-state index contributed by atoms with van der Waals surface area (Å²) in [7, 11) is 1.59. The highest BCUT2D eigenvalue weighted by atomic mass is 35.5. The van der Waals surface area contributed by atoms with E-state index in [9.17, 15) is 9.59 Å². The van der Waals surface area contributed by atoms with Crippen molar-refractivity contribution in [3.05, 3.63) is 59.1 Å². The van der Waals surface area contributed by atoms with E-state index < -0.39 is 5.91 Å². The van der Waals surface area contributed by atoms with Crippen LogP contribution in [0.4, 0.5) is 5.69 Å². The van der Waals surface area contributed by atoms with Crippen LogP contribution < -0.4 is 20.7 Å². The maximum Gasteiger partial charge on any atom is 0.239 e. The number of nitrogens with one attached hydrogen (secondary N) is 1. The van der Waals surface area contributed by atoms with E-state index >= 15 is 0 Å². The number of ether oxygens (including phenoxy) is 1. The lowest BCUT2D eigenvalue weighted by Crippen LogP contribution is -2.39. The summed E-state index contributed by atoms with van der Waals surface area (Å²) in [5.41, 5.74) is 6.92. The van der Waals surface area contributed by atoms with E-state index in [4.69, 9.17) is 22.1 Å². The molecule has 0 heterocycles. The van der Waals surface area contributed by atoms with E-state index in [0.29, 0.717) is 17.3 Å². The number of amides is 2. The Balaban J connectivity index is 2.07. The number of rotatable bonds is 9. The van der Waals surface area contributed by atoms with Crippen LogP contribution in [0, 0.1) is 0 Å². The fourth-order valence-electron chi connectivity index (χ4n) is 2.70. The number of nitrogens with two attached hydrogens (primary N) is 1. The Morgan fingerprint density at radius 2 is 1.85 bits per heavy atom. The second-order valence-electron chi connectivity index (χ2n) is 6.15. The van der Waals surface area contributed by atoms with Crippen LogP contribution in [0.15, 0.2) is 48.5 Å². The first-order valence-corrected chi connectivity index (χ1v) is 8.99. The summed E-state index contributed by atoms with van der Waals surface area (Å²) < 4.78 is 5.16. The maximum atomic E-state index is 12.6. The second kappa shape index (κ2) is 9.83. The monoisotopic (exact) mass is 389 g/mol. The number of nitrogens with zero attached hydrogens (tertiary/aromatic N) is 1. The molecule has 1 atom stereocenters. The Kier molecular flexibility index (Phi) is 7.49. The largest absolute Gasteiger partial charge is 0.497 e. The molecule has 2 aromatic carbocycles. The molecule has 0 saturated heterocycles. The molecule has 0 radical (unpaired) electrons. The van der Waals surface area contributed by atoms with Gasteiger partial charge in [0.1, 0.15) is 5.75 Å². The molecule has 2 aromatic rings. The predicted molar refractivity (Wildman–Crippen MR) is 107 cm³/mol. The third-order valence-electron chi connectivity index (χ3n) is 4.15. The SMILES string of the molecule is COc1ccc(N(CCC(N)=O)CC(=O)N[C@H](C)c2ccccc2Cl)cc1. The topological polar surface area (TPSA) is 84.7 Å². The maximum absolute atomic E-state index is 12.6. The molecule has 7 heteroatoms. The van der Waals surface area contributed by atoms with Crippen molar-refractivity contribution < 1.29 is 14.3 Å². The van der Waals surface area contributed by atoms with Crippen molar-refractivity contribution in [2.75, 3.05) is 25.1 Å². The van der Waals surface area contributed by atoms with Gasteiger partial charge in [-0.15, -0.1) is 0 Å². The van der Waals surface area contributed by atoms with Crippen molar-refractivity contribution >= 4 is 29.1 Å². The molecule has 0 aliphatic carbocycles. The van der Waals surface area contributed by atoms with Crippen LogP contribution in [0.1, 0.15) is 24.9 Å². The van der Waals surface area contributed by atoms with Crippen LogP contribution in [0.2, 0.25) is 5.02 Å². The number of hydrogen-bond acceptors (Lipinski definition) is 4. The van der Waals surface area contributed by atoms with Crippen LogP contribution in [-0.2, 0) is 9.59 Å². The van der Waals surface area contributed by atoms with E-state index in [-0.39, 0.29) is 24.9 Å². The molecule has 6 nitrogen and oxygen atoms in total. The summed E-state index contributed by atoms with van der Waals surface area (Å²) >= 11 is 6.19. The molecular weight excluding hydrogens is 366 g/mol. The normalized spacial score (nSPS) is 11.5. The van der Waals surface area contributed by atoms with Gasteiger partial charge in [0.15, 0.2) is 0 Å². The molecule has 0 aliphatic rings. The third-order valence-corrected chi connectivity index (χ3v) is 4.49. The molecule has 0 unspecified atom stereocenters. The lowest BCUT2D eigenvalue weighted by atomic mass is 10.1. The van der Waals surface area contributed by atoms with Gasteiger partial charge in [0.25, 0.3) is 0 Å². The van der Waals surface area contributed by atoms with Crippen molar-refractivity contribution in [3.63, 3.8) is 0 Å². The average molecular weight is 390 g/mol. The standard InChI is InChI=1S/C20H24ClN3O3/c1-14(17-5-3-4-6-18(17)21)23-20(26)13-24(12-11-19(22)25)15-7-9-16(27-2)10-8-15/h3-10,14H,11-13H2,1-2H3,(H2,22,25)(H,23,26)/t14-/m1/s1. The Morgan fingerprint density at radius 3 is 2.44 bits per heavy atom. The zero-order valence-corrected chi connectivity index (χ0v) is 16.2. The summed E-state index contributed by atoms with van der Waals surface area (Å²) in [6.45, 7) is 2.31. The molecule has 2 rings (SSSR count). The van der Waals surface area contributed by atoms with E-state index in [1.807, 2.05) is 37.3 Å². The molecule has 0 aromatic heterocycles. The predicted octanol–water partition coefficient (Wildman–Crippen LogP) is 2.91. The van der Waals surface area contributed by atoms with Crippen molar-refractivity contribution in [2.45, 2.75) is 19.4 Å². The minimum atomic E-state index is -0.418. The van der Waals surface area contributed by atoms with Crippen LogP contribution in [-0.4, -0.2) is 32.0 Å². The Morgan fingerprint density at radius 1 is 1.19 bits per heavy atom. The Hall–Kier alpha value is -2.73. The van der Waals surface area contributed by atoms with E-state index in [2.05, 4.69) is 5.32 Å². The van der Waals surface area contributed by atoms with Crippen LogP contribution >= 0.6 is 11.6 Å². The van der Waals surface area contributed by atoms with Gasteiger partial charge < -0.3 is 20.7 Å². The summed E-state index contributed by atoms with van der Waals surface area (Å²) in [6.07, 6.45) is 0.152. The molecular formula is C20H24ClN3O3. The number of halogens is 1. The molecule has 27 heavy (non-hydrogen) atoms. The van der Waals surface area contributed by atoms with Gasteiger partial charge in [-0.3, -0.25) is 9.59 Å². The molecule has 2 amide bonds. The average Bonchev–Trinajstić information content (AvgIpc) is 2.65. The van der Waals surface area contributed by atoms with Crippen molar-refractivity contribution in [3.8, 4) is 5.75 Å². The molecule has 3 N–H and O–H groups in total. The summed E-state index contributed by atoms with van der Waals surface area (Å²) in [4.78, 5) is 25.5. The molecule has 0 saturated carbocycles. The van der Waals surface area contributed by atoms with E-state index in [1.54, 1.807) is 30.2 Å². The highest BCUT2D eigenvalue weighted by molar-refractivity contribution is 6.31. The third kappa shape index (κ3) is 6.18. The smallest absolute Gasteiger partial charge is 0.239 e. The van der Waals surface area contributed by atoms with Crippen molar-refractivity contribution in [1.82, 2.24) is 5.32 Å². The number of anilines is 1. The van der Waals surface area contributed by atoms with Crippen molar-refractivity contribution in [2.24, 2.45) is 5.73 Å². The lowest BCUT2D eigenvalue weighted by Gasteiger charge is -2.25. The number of carbonyl (C=O) groups excluding carboxylic acids is 2. The minimum Gasteiger partial charge on any atom is -0.497 e. The quantitative estimate of drug-likeness (QED) is 0.690. The summed E-state index contributed by atoms with van der Waals surface area (Å²) in [5.74, 6) is 0.117. The lowest BCUT2D eigenvalue weighted by molar-refractivity contribution is -0.121. The van der Waals surface area contributed by atoms with Gasteiger partial charge >= 0.3 is 0 Å². The van der Waals surface area contributed by atoms with Crippen molar-refractivity contribution in [1.29, 1.82) is 0 Å². The zero-order valence-electron chi connectivity index (χ0n) is 15.4.